The SMILES string of the molecule is COC(=O)c1cccc(C=C[C@@H]2C[C@@H](NS(=O)(=O)c3ccc(Cl)cc3)CN2S(=O)(=O)c2ccc(Cl)cc2)c1. The number of ether oxygens (including phenoxy) is 1. The lowest BCUT2D eigenvalue weighted by atomic mass is 10.1. The van der Waals surface area contributed by atoms with E-state index in [-0.39, 0.29) is 22.8 Å². The van der Waals surface area contributed by atoms with Gasteiger partial charge in [0.1, 0.15) is 0 Å². The van der Waals surface area contributed by atoms with Crippen molar-refractivity contribution in [2.24, 2.45) is 0 Å². The summed E-state index contributed by atoms with van der Waals surface area (Å²) in [7, 11) is -6.64. The molecule has 0 spiro atoms. The van der Waals surface area contributed by atoms with Crippen molar-refractivity contribution in [1.29, 1.82) is 0 Å². The number of carbonyl (C=O) groups excluding carboxylic acids is 1. The van der Waals surface area contributed by atoms with Gasteiger partial charge in [0, 0.05) is 28.7 Å². The second-order valence-corrected chi connectivity index (χ2v) is 13.1. The Labute approximate surface area is 231 Å². The number of nitrogens with zero attached hydrogens (tertiary/aromatic N) is 1. The van der Waals surface area contributed by atoms with Crippen LogP contribution in [0.15, 0.2) is 88.7 Å². The lowest BCUT2D eigenvalue weighted by molar-refractivity contribution is 0.0600. The third kappa shape index (κ3) is 6.45. The third-order valence-electron chi connectivity index (χ3n) is 5.98. The van der Waals surface area contributed by atoms with E-state index >= 15 is 0 Å². The van der Waals surface area contributed by atoms with Gasteiger partial charge in [-0.1, -0.05) is 47.5 Å². The summed E-state index contributed by atoms with van der Waals surface area (Å²) in [4.78, 5) is 11.9. The van der Waals surface area contributed by atoms with Gasteiger partial charge in [0.2, 0.25) is 20.0 Å². The molecule has 1 saturated heterocycles. The maximum Gasteiger partial charge on any atom is 0.337 e. The summed E-state index contributed by atoms with van der Waals surface area (Å²) >= 11 is 11.8. The molecule has 3 aromatic rings. The van der Waals surface area contributed by atoms with Crippen LogP contribution in [0.1, 0.15) is 22.3 Å². The molecule has 0 aromatic heterocycles. The minimum atomic E-state index is -4.00. The number of rotatable bonds is 8. The fourth-order valence-corrected chi connectivity index (χ4v) is 7.26. The molecule has 1 N–H and O–H groups in total. The van der Waals surface area contributed by atoms with Crippen molar-refractivity contribution >= 4 is 55.3 Å². The van der Waals surface area contributed by atoms with Crippen LogP contribution in [0.5, 0.6) is 0 Å². The molecule has 0 unspecified atom stereocenters. The van der Waals surface area contributed by atoms with Gasteiger partial charge in [-0.25, -0.2) is 26.4 Å². The van der Waals surface area contributed by atoms with E-state index < -0.39 is 38.1 Å². The summed E-state index contributed by atoms with van der Waals surface area (Å²) in [5.74, 6) is -0.496. The van der Waals surface area contributed by atoms with E-state index in [1.807, 2.05) is 0 Å². The maximum absolute atomic E-state index is 13.6. The predicted molar refractivity (Wildman–Crippen MR) is 146 cm³/mol. The Hall–Kier alpha value is -2.73. The number of methoxy groups -OCH3 is 1. The van der Waals surface area contributed by atoms with Crippen LogP contribution in [0.25, 0.3) is 6.08 Å². The number of carbonyl (C=O) groups is 1. The average molecular weight is 596 g/mol. The monoisotopic (exact) mass is 594 g/mol. The molecule has 2 atom stereocenters. The van der Waals surface area contributed by atoms with Gasteiger partial charge in [0.25, 0.3) is 0 Å². The zero-order chi connectivity index (χ0) is 27.5. The molecular formula is C26H24Cl2N2O6S2. The quantitative estimate of drug-likeness (QED) is 0.381. The van der Waals surface area contributed by atoms with E-state index in [9.17, 15) is 21.6 Å². The molecule has 0 radical (unpaired) electrons. The number of hydrogen-bond acceptors (Lipinski definition) is 6. The van der Waals surface area contributed by atoms with E-state index in [1.54, 1.807) is 36.4 Å². The Kier molecular flexibility index (Phi) is 8.61. The Morgan fingerprint density at radius 3 is 2.16 bits per heavy atom. The molecule has 0 amide bonds. The highest BCUT2D eigenvalue weighted by Crippen LogP contribution is 2.29. The maximum atomic E-state index is 13.6. The normalized spacial score (nSPS) is 18.6. The van der Waals surface area contributed by atoms with E-state index in [1.165, 1.54) is 59.9 Å². The molecule has 3 aromatic carbocycles. The Morgan fingerprint density at radius 1 is 0.947 bits per heavy atom. The van der Waals surface area contributed by atoms with Crippen molar-refractivity contribution in [3.05, 3.63) is 100 Å². The van der Waals surface area contributed by atoms with Crippen LogP contribution in [-0.2, 0) is 24.8 Å². The first kappa shape index (κ1) is 28.3. The highest BCUT2D eigenvalue weighted by molar-refractivity contribution is 7.89. The molecule has 4 rings (SSSR count). The largest absolute Gasteiger partial charge is 0.465 e. The number of halogens is 2. The molecule has 38 heavy (non-hydrogen) atoms. The second-order valence-electron chi connectivity index (χ2n) is 8.58. The highest BCUT2D eigenvalue weighted by Gasteiger charge is 2.40. The summed E-state index contributed by atoms with van der Waals surface area (Å²) in [5, 5.41) is 0.785. The zero-order valence-electron chi connectivity index (χ0n) is 20.1. The molecule has 8 nitrogen and oxygen atoms in total. The number of sulfonamides is 2. The molecule has 1 fully saturated rings. The van der Waals surface area contributed by atoms with Gasteiger partial charge in [-0.15, -0.1) is 0 Å². The summed E-state index contributed by atoms with van der Waals surface area (Å²) < 4.78 is 61.7. The summed E-state index contributed by atoms with van der Waals surface area (Å²) in [6.45, 7) is -0.0883. The fourth-order valence-electron chi connectivity index (χ4n) is 4.13. The molecule has 1 heterocycles. The van der Waals surface area contributed by atoms with Crippen molar-refractivity contribution in [2.45, 2.75) is 28.3 Å². The van der Waals surface area contributed by atoms with Crippen molar-refractivity contribution in [1.82, 2.24) is 9.03 Å². The smallest absolute Gasteiger partial charge is 0.337 e. The van der Waals surface area contributed by atoms with Crippen molar-refractivity contribution in [2.75, 3.05) is 13.7 Å². The molecule has 0 bridgehead atoms. The zero-order valence-corrected chi connectivity index (χ0v) is 23.3. The molecule has 0 saturated carbocycles. The van der Waals surface area contributed by atoms with Gasteiger partial charge < -0.3 is 4.74 Å². The standard InChI is InChI=1S/C26H24Cl2N2O6S2/c1-36-26(31)19-4-2-3-18(15-19)5-10-23-16-22(29-37(32,33)24-11-6-20(27)7-12-24)17-30(23)38(34,35)25-13-8-21(28)9-14-25/h2-15,22-23,29H,16-17H2,1H3/t22-,23-/m1/s1. The molecule has 200 valence electrons. The number of nitrogens with one attached hydrogen (secondary N) is 1. The van der Waals surface area contributed by atoms with Crippen molar-refractivity contribution < 1.29 is 26.4 Å². The minimum Gasteiger partial charge on any atom is -0.465 e. The van der Waals surface area contributed by atoms with Crippen LogP contribution in [-0.4, -0.2) is 52.8 Å². The molecule has 1 aliphatic rings. The van der Waals surface area contributed by atoms with Crippen LogP contribution in [0.4, 0.5) is 0 Å². The Balaban J connectivity index is 1.64. The van der Waals surface area contributed by atoms with Crippen molar-refractivity contribution in [3.63, 3.8) is 0 Å². The number of benzene rings is 3. The van der Waals surface area contributed by atoms with E-state index in [4.69, 9.17) is 27.9 Å². The molecular weight excluding hydrogens is 571 g/mol. The van der Waals surface area contributed by atoms with E-state index in [0.717, 1.165) is 0 Å². The molecule has 0 aliphatic carbocycles. The Bertz CT molecular complexity index is 1560. The lowest BCUT2D eigenvalue weighted by Crippen LogP contribution is -2.39. The first-order chi connectivity index (χ1) is 18.0. The average Bonchev–Trinajstić information content (AvgIpc) is 3.30. The van der Waals surface area contributed by atoms with Crippen LogP contribution >= 0.6 is 23.2 Å². The van der Waals surface area contributed by atoms with Crippen LogP contribution in [0.2, 0.25) is 10.0 Å². The van der Waals surface area contributed by atoms with Gasteiger partial charge in [-0.05, 0) is 72.6 Å². The second kappa shape index (κ2) is 11.6. The fraction of sp³-hybridized carbons (Fsp3) is 0.192. The predicted octanol–water partition coefficient (Wildman–Crippen LogP) is 4.60. The summed E-state index contributed by atoms with van der Waals surface area (Å²) in [6.07, 6.45) is 3.56. The number of hydrogen-bond donors (Lipinski definition) is 1. The molecule has 1 aliphatic heterocycles. The van der Waals surface area contributed by atoms with Crippen molar-refractivity contribution in [3.8, 4) is 0 Å². The highest BCUT2D eigenvalue weighted by atomic mass is 35.5. The van der Waals surface area contributed by atoms with E-state index in [0.29, 0.717) is 21.2 Å². The van der Waals surface area contributed by atoms with Gasteiger partial charge in [-0.3, -0.25) is 0 Å². The summed E-state index contributed by atoms with van der Waals surface area (Å²) in [6, 6.07) is 16.8. The van der Waals surface area contributed by atoms with E-state index in [2.05, 4.69) is 4.72 Å². The topological polar surface area (TPSA) is 110 Å². The van der Waals surface area contributed by atoms with Crippen LogP contribution in [0.3, 0.4) is 0 Å². The number of esters is 1. The molecule has 12 heteroatoms. The third-order valence-corrected chi connectivity index (χ3v) is 9.93. The van der Waals surface area contributed by atoms with Gasteiger partial charge in [0.05, 0.1) is 22.5 Å². The van der Waals surface area contributed by atoms with Crippen LogP contribution in [0, 0.1) is 0 Å². The Morgan fingerprint density at radius 2 is 1.55 bits per heavy atom. The van der Waals surface area contributed by atoms with Gasteiger partial charge >= 0.3 is 5.97 Å². The first-order valence-electron chi connectivity index (χ1n) is 11.4. The lowest BCUT2D eigenvalue weighted by Gasteiger charge is -2.22. The summed E-state index contributed by atoms with van der Waals surface area (Å²) in [5.41, 5.74) is 1.00. The first-order valence-corrected chi connectivity index (χ1v) is 15.1. The minimum absolute atomic E-state index is 0.0209. The van der Waals surface area contributed by atoms with Gasteiger partial charge in [0.15, 0.2) is 0 Å². The van der Waals surface area contributed by atoms with Crippen LogP contribution < -0.4 is 4.72 Å². The van der Waals surface area contributed by atoms with Gasteiger partial charge in [-0.2, -0.15) is 4.31 Å².